The highest BCUT2D eigenvalue weighted by atomic mass is 32.2. The smallest absolute Gasteiger partial charge is 0.341 e. The van der Waals surface area contributed by atoms with Crippen LogP contribution < -0.4 is 5.32 Å². The number of hydrogen-bond donors (Lipinski definition) is 1. The normalized spacial score (nSPS) is 16.4. The van der Waals surface area contributed by atoms with Crippen LogP contribution in [0.3, 0.4) is 0 Å². The summed E-state index contributed by atoms with van der Waals surface area (Å²) in [5.74, 6) is 0.286. The molecule has 0 radical (unpaired) electrons. The molecule has 6 nitrogen and oxygen atoms in total. The van der Waals surface area contributed by atoms with Gasteiger partial charge >= 0.3 is 5.97 Å². The molecule has 29 heavy (non-hydrogen) atoms. The number of rotatable bonds is 6. The van der Waals surface area contributed by atoms with E-state index in [4.69, 9.17) is 4.74 Å². The fourth-order valence-corrected chi connectivity index (χ4v) is 6.41. The fraction of sp³-hybridized carbons (Fsp3) is 0.600. The van der Waals surface area contributed by atoms with Gasteiger partial charge in [0.05, 0.1) is 17.9 Å². The Morgan fingerprint density at radius 1 is 1.28 bits per heavy atom. The monoisotopic (exact) mass is 453 g/mol. The fourth-order valence-electron chi connectivity index (χ4n) is 3.46. The molecule has 0 unspecified atom stereocenters. The highest BCUT2D eigenvalue weighted by Gasteiger charge is 2.34. The van der Waals surface area contributed by atoms with Gasteiger partial charge in [-0.25, -0.2) is 4.79 Å². The van der Waals surface area contributed by atoms with Crippen molar-refractivity contribution in [1.82, 2.24) is 10.2 Å². The van der Waals surface area contributed by atoms with Crippen LogP contribution in [-0.2, 0) is 22.4 Å². The molecule has 0 bridgehead atoms. The number of anilines is 1. The van der Waals surface area contributed by atoms with Crippen LogP contribution in [-0.4, -0.2) is 34.4 Å². The van der Waals surface area contributed by atoms with Crippen molar-refractivity contribution >= 4 is 51.3 Å². The average Bonchev–Trinajstić information content (AvgIpc) is 3.21. The molecule has 9 heteroatoms. The topological polar surface area (TPSA) is 81.2 Å². The van der Waals surface area contributed by atoms with Crippen LogP contribution in [0.15, 0.2) is 4.34 Å². The summed E-state index contributed by atoms with van der Waals surface area (Å²) in [6, 6.07) is 0. The van der Waals surface area contributed by atoms with Crippen LogP contribution in [0.2, 0.25) is 0 Å². The highest BCUT2D eigenvalue weighted by molar-refractivity contribution is 8.01. The standard InChI is InChI=1S/C20H27N3O3S3/c1-6-26-18(25)16-13-8-7-12(20(3,4)5)9-14(13)29-17(16)21-15(24)10-27-19-23-22-11(2)28-19/h12H,6-10H2,1-5H3,(H,21,24)/t12-/m0/s1. The SMILES string of the molecule is CCOC(=O)c1c(NC(=O)CSc2nnc(C)s2)sc2c1CC[C@H](C(C)(C)C)C2. The first-order chi connectivity index (χ1) is 13.7. The second kappa shape index (κ2) is 9.14. The van der Waals surface area contributed by atoms with Gasteiger partial charge in [0.15, 0.2) is 4.34 Å². The number of aromatic nitrogens is 2. The van der Waals surface area contributed by atoms with Crippen LogP contribution >= 0.6 is 34.4 Å². The molecule has 1 atom stereocenters. The summed E-state index contributed by atoms with van der Waals surface area (Å²) in [5.41, 5.74) is 1.81. The summed E-state index contributed by atoms with van der Waals surface area (Å²) in [6.07, 6.45) is 2.82. The van der Waals surface area contributed by atoms with Gasteiger partial charge in [-0.2, -0.15) is 0 Å². The predicted molar refractivity (Wildman–Crippen MR) is 119 cm³/mol. The number of thioether (sulfide) groups is 1. The van der Waals surface area contributed by atoms with E-state index in [2.05, 4.69) is 36.3 Å². The van der Waals surface area contributed by atoms with Crippen LogP contribution in [0, 0.1) is 18.3 Å². The van der Waals surface area contributed by atoms with Crippen LogP contribution in [0.1, 0.15) is 59.9 Å². The van der Waals surface area contributed by atoms with Gasteiger partial charge < -0.3 is 10.1 Å². The second-order valence-corrected chi connectivity index (χ2v) is 11.7. The Bertz CT molecular complexity index is 899. The quantitative estimate of drug-likeness (QED) is 0.491. The summed E-state index contributed by atoms with van der Waals surface area (Å²) in [6.45, 7) is 10.8. The number of hydrogen-bond acceptors (Lipinski definition) is 8. The maximum atomic E-state index is 12.7. The second-order valence-electron chi connectivity index (χ2n) is 8.16. The van der Waals surface area contributed by atoms with Gasteiger partial charge in [0.25, 0.3) is 0 Å². The van der Waals surface area contributed by atoms with E-state index in [9.17, 15) is 9.59 Å². The van der Waals surface area contributed by atoms with Gasteiger partial charge in [-0.1, -0.05) is 43.9 Å². The van der Waals surface area contributed by atoms with Crippen molar-refractivity contribution in [3.8, 4) is 0 Å². The Balaban J connectivity index is 1.78. The summed E-state index contributed by atoms with van der Waals surface area (Å²) in [5, 5.41) is 12.4. The number of carbonyl (C=O) groups excluding carboxylic acids is 2. The largest absolute Gasteiger partial charge is 0.462 e. The van der Waals surface area contributed by atoms with Gasteiger partial charge in [0.1, 0.15) is 10.0 Å². The van der Waals surface area contributed by atoms with Crippen LogP contribution in [0.5, 0.6) is 0 Å². The van der Waals surface area contributed by atoms with Crippen molar-refractivity contribution in [3.05, 3.63) is 21.0 Å². The van der Waals surface area contributed by atoms with E-state index in [-0.39, 0.29) is 23.0 Å². The van der Waals surface area contributed by atoms with Crippen molar-refractivity contribution < 1.29 is 14.3 Å². The Morgan fingerprint density at radius 2 is 2.03 bits per heavy atom. The maximum Gasteiger partial charge on any atom is 0.341 e. The summed E-state index contributed by atoms with van der Waals surface area (Å²) in [7, 11) is 0. The maximum absolute atomic E-state index is 12.7. The van der Waals surface area contributed by atoms with Gasteiger partial charge in [-0.15, -0.1) is 21.5 Å². The Labute approximate surface area is 183 Å². The Kier molecular flexibility index (Phi) is 7.01. The molecule has 2 aromatic rings. The minimum Gasteiger partial charge on any atom is -0.462 e. The number of ether oxygens (including phenoxy) is 1. The van der Waals surface area contributed by atoms with Gasteiger partial charge in [-0.3, -0.25) is 4.79 Å². The highest BCUT2D eigenvalue weighted by Crippen LogP contribution is 2.44. The number of thiophene rings is 1. The van der Waals surface area contributed by atoms with Crippen molar-refractivity contribution in [2.24, 2.45) is 11.3 Å². The van der Waals surface area contributed by atoms with Crippen molar-refractivity contribution in [2.45, 2.75) is 58.2 Å². The van der Waals surface area contributed by atoms with Crippen molar-refractivity contribution in [1.29, 1.82) is 0 Å². The van der Waals surface area contributed by atoms with E-state index < -0.39 is 0 Å². The lowest BCUT2D eigenvalue weighted by atomic mass is 9.72. The summed E-state index contributed by atoms with van der Waals surface area (Å²) < 4.78 is 6.06. The summed E-state index contributed by atoms with van der Waals surface area (Å²) in [4.78, 5) is 26.4. The first-order valence-corrected chi connectivity index (χ1v) is 12.3. The minimum atomic E-state index is -0.345. The van der Waals surface area contributed by atoms with Gasteiger partial charge in [-0.05, 0) is 50.0 Å². The molecule has 3 rings (SSSR count). The molecule has 0 spiro atoms. The van der Waals surface area contributed by atoms with Crippen LogP contribution in [0.4, 0.5) is 5.00 Å². The lowest BCUT2D eigenvalue weighted by Crippen LogP contribution is -2.26. The van der Waals surface area contributed by atoms with Crippen molar-refractivity contribution in [2.75, 3.05) is 17.7 Å². The first kappa shape index (κ1) is 22.2. The lowest BCUT2D eigenvalue weighted by Gasteiger charge is -2.33. The van der Waals surface area contributed by atoms with Crippen LogP contribution in [0.25, 0.3) is 0 Å². The third-order valence-corrected chi connectivity index (χ3v) is 8.20. The zero-order valence-corrected chi connectivity index (χ0v) is 19.9. The molecule has 1 amide bonds. The molecule has 1 aliphatic carbocycles. The number of aryl methyl sites for hydroxylation is 1. The molecule has 1 aliphatic rings. The number of fused-ring (bicyclic) bond motifs is 1. The van der Waals surface area contributed by atoms with E-state index in [1.807, 2.05) is 6.92 Å². The minimum absolute atomic E-state index is 0.153. The van der Waals surface area contributed by atoms with Gasteiger partial charge in [0, 0.05) is 4.88 Å². The molecule has 0 aliphatic heterocycles. The average molecular weight is 454 g/mol. The van der Waals surface area contributed by atoms with E-state index in [1.165, 1.54) is 39.3 Å². The first-order valence-electron chi connectivity index (χ1n) is 9.73. The predicted octanol–water partition coefficient (Wildman–Crippen LogP) is 4.97. The molecule has 0 saturated carbocycles. The summed E-state index contributed by atoms with van der Waals surface area (Å²) >= 11 is 4.34. The molecular weight excluding hydrogens is 426 g/mol. The molecular formula is C20H27N3O3S3. The zero-order valence-electron chi connectivity index (χ0n) is 17.5. The Hall–Kier alpha value is -1.45. The third-order valence-electron chi connectivity index (χ3n) is 5.06. The number of carbonyl (C=O) groups is 2. The third kappa shape index (κ3) is 5.38. The van der Waals surface area contributed by atoms with E-state index in [0.29, 0.717) is 23.1 Å². The molecule has 2 aromatic heterocycles. The van der Waals surface area contributed by atoms with Gasteiger partial charge in [0.2, 0.25) is 5.91 Å². The van der Waals surface area contributed by atoms with E-state index in [1.54, 1.807) is 6.92 Å². The zero-order chi connectivity index (χ0) is 21.2. The molecule has 0 saturated heterocycles. The van der Waals surface area contributed by atoms with E-state index in [0.717, 1.165) is 34.2 Å². The molecule has 0 aromatic carbocycles. The molecule has 158 valence electrons. The number of nitrogens with zero attached hydrogens (tertiary/aromatic N) is 2. The van der Waals surface area contributed by atoms with Crippen molar-refractivity contribution in [3.63, 3.8) is 0 Å². The Morgan fingerprint density at radius 3 is 2.66 bits per heavy atom. The lowest BCUT2D eigenvalue weighted by molar-refractivity contribution is -0.113. The number of nitrogens with one attached hydrogen (secondary N) is 1. The molecule has 2 heterocycles. The number of amides is 1. The number of esters is 1. The molecule has 0 fully saturated rings. The van der Waals surface area contributed by atoms with E-state index >= 15 is 0 Å². The molecule has 1 N–H and O–H groups in total.